The van der Waals surface area contributed by atoms with Gasteiger partial charge in [-0.05, 0) is 30.2 Å². The third-order valence-corrected chi connectivity index (χ3v) is 2.09. The van der Waals surface area contributed by atoms with Crippen LogP contribution >= 0.6 is 12.2 Å². The van der Waals surface area contributed by atoms with E-state index in [-0.39, 0.29) is 5.82 Å². The molecule has 2 nitrogen and oxygen atoms in total. The van der Waals surface area contributed by atoms with Crippen molar-refractivity contribution in [2.45, 2.75) is 12.8 Å². The molecule has 1 rings (SSSR count). The molecule has 14 heavy (non-hydrogen) atoms. The average Bonchev–Trinajstić information content (AvgIpc) is 2.15. The molecule has 0 fully saturated rings. The topological polar surface area (TPSA) is 35.2 Å². The van der Waals surface area contributed by atoms with Crippen molar-refractivity contribution >= 4 is 17.2 Å². The van der Waals surface area contributed by atoms with Gasteiger partial charge in [-0.25, -0.2) is 4.39 Å². The predicted octanol–water partition coefficient (Wildman–Crippen LogP) is 2.05. The zero-order valence-electron chi connectivity index (χ0n) is 7.92. The van der Waals surface area contributed by atoms with E-state index in [1.54, 1.807) is 13.2 Å². The van der Waals surface area contributed by atoms with Crippen LogP contribution in [0.2, 0.25) is 0 Å². The van der Waals surface area contributed by atoms with Gasteiger partial charge in [-0.15, -0.1) is 0 Å². The Bertz CT molecular complexity index is 341. The van der Waals surface area contributed by atoms with Gasteiger partial charge >= 0.3 is 0 Å². The lowest BCUT2D eigenvalue weighted by atomic mass is 10.1. The highest BCUT2D eigenvalue weighted by molar-refractivity contribution is 7.80. The van der Waals surface area contributed by atoms with Crippen molar-refractivity contribution in [3.05, 3.63) is 29.6 Å². The zero-order chi connectivity index (χ0) is 10.6. The van der Waals surface area contributed by atoms with Gasteiger partial charge in [0.05, 0.1) is 12.1 Å². The number of benzene rings is 1. The quantitative estimate of drug-likeness (QED) is 0.777. The average molecular weight is 213 g/mol. The number of thiocarbonyl (C=S) groups is 1. The van der Waals surface area contributed by atoms with Crippen LogP contribution in [-0.2, 0) is 6.42 Å². The predicted molar refractivity (Wildman–Crippen MR) is 58.1 cm³/mol. The van der Waals surface area contributed by atoms with Crippen molar-refractivity contribution in [1.29, 1.82) is 0 Å². The molecule has 0 spiro atoms. The SMILES string of the molecule is COc1ccc(F)cc1CCC(N)=S. The van der Waals surface area contributed by atoms with Crippen LogP contribution in [0.25, 0.3) is 0 Å². The van der Waals surface area contributed by atoms with Gasteiger partial charge in [-0.1, -0.05) is 12.2 Å². The second-order valence-electron chi connectivity index (χ2n) is 2.92. The summed E-state index contributed by atoms with van der Waals surface area (Å²) in [7, 11) is 1.55. The summed E-state index contributed by atoms with van der Waals surface area (Å²) in [5.41, 5.74) is 6.16. The fourth-order valence-electron chi connectivity index (χ4n) is 1.20. The third kappa shape index (κ3) is 2.96. The molecule has 4 heteroatoms. The summed E-state index contributed by atoms with van der Waals surface area (Å²) >= 11 is 4.75. The maximum absolute atomic E-state index is 12.9. The van der Waals surface area contributed by atoms with E-state index >= 15 is 0 Å². The van der Waals surface area contributed by atoms with E-state index in [2.05, 4.69) is 0 Å². The highest BCUT2D eigenvalue weighted by Crippen LogP contribution is 2.20. The lowest BCUT2D eigenvalue weighted by molar-refractivity contribution is 0.408. The van der Waals surface area contributed by atoms with Crippen LogP contribution in [0.4, 0.5) is 4.39 Å². The molecule has 0 aliphatic heterocycles. The highest BCUT2D eigenvalue weighted by atomic mass is 32.1. The van der Waals surface area contributed by atoms with E-state index < -0.39 is 0 Å². The molecule has 0 bridgehead atoms. The first-order valence-electron chi connectivity index (χ1n) is 4.24. The van der Waals surface area contributed by atoms with Gasteiger partial charge in [0.15, 0.2) is 0 Å². The first kappa shape index (κ1) is 10.9. The molecule has 1 aromatic rings. The summed E-state index contributed by atoms with van der Waals surface area (Å²) in [6.07, 6.45) is 1.17. The minimum atomic E-state index is -0.274. The lowest BCUT2D eigenvalue weighted by Crippen LogP contribution is -2.09. The molecule has 0 radical (unpaired) electrons. The van der Waals surface area contributed by atoms with Gasteiger partial charge in [-0.2, -0.15) is 0 Å². The largest absolute Gasteiger partial charge is 0.496 e. The van der Waals surface area contributed by atoms with Crippen molar-refractivity contribution in [3.8, 4) is 5.75 Å². The fraction of sp³-hybridized carbons (Fsp3) is 0.300. The molecule has 0 aliphatic carbocycles. The Hall–Kier alpha value is -1.16. The highest BCUT2D eigenvalue weighted by Gasteiger charge is 2.04. The minimum absolute atomic E-state index is 0.274. The van der Waals surface area contributed by atoms with E-state index in [9.17, 15) is 4.39 Å². The molecule has 0 aliphatic rings. The van der Waals surface area contributed by atoms with Crippen molar-refractivity contribution in [2.24, 2.45) is 5.73 Å². The van der Waals surface area contributed by atoms with E-state index in [0.717, 1.165) is 5.56 Å². The van der Waals surface area contributed by atoms with Crippen molar-refractivity contribution in [2.75, 3.05) is 7.11 Å². The molecule has 0 atom stereocenters. The van der Waals surface area contributed by atoms with Crippen LogP contribution in [0.3, 0.4) is 0 Å². The normalized spacial score (nSPS) is 9.86. The molecule has 0 heterocycles. The number of aryl methyl sites for hydroxylation is 1. The van der Waals surface area contributed by atoms with Gasteiger partial charge in [0.1, 0.15) is 11.6 Å². The maximum atomic E-state index is 12.9. The van der Waals surface area contributed by atoms with Crippen LogP contribution in [0.15, 0.2) is 18.2 Å². The Morgan fingerprint density at radius 3 is 2.86 bits per heavy atom. The number of hydrogen-bond donors (Lipinski definition) is 1. The Morgan fingerprint density at radius 2 is 2.29 bits per heavy atom. The summed E-state index contributed by atoms with van der Waals surface area (Å²) in [4.78, 5) is 0.427. The van der Waals surface area contributed by atoms with Crippen LogP contribution in [0, 0.1) is 5.82 Å². The van der Waals surface area contributed by atoms with Crippen LogP contribution in [0.5, 0.6) is 5.75 Å². The van der Waals surface area contributed by atoms with Gasteiger partial charge < -0.3 is 10.5 Å². The van der Waals surface area contributed by atoms with Crippen LogP contribution < -0.4 is 10.5 Å². The first-order valence-corrected chi connectivity index (χ1v) is 4.65. The van der Waals surface area contributed by atoms with E-state index in [1.807, 2.05) is 0 Å². The molecule has 0 saturated carbocycles. The zero-order valence-corrected chi connectivity index (χ0v) is 8.73. The smallest absolute Gasteiger partial charge is 0.123 e. The van der Waals surface area contributed by atoms with Crippen LogP contribution in [-0.4, -0.2) is 12.1 Å². The standard InChI is InChI=1S/C10H12FNOS/c1-13-9-4-3-8(11)6-7(9)2-5-10(12)14/h3-4,6H,2,5H2,1H3,(H2,12,14). The molecule has 1 aromatic carbocycles. The number of methoxy groups -OCH3 is 1. The summed E-state index contributed by atoms with van der Waals surface area (Å²) in [6.45, 7) is 0. The second kappa shape index (κ2) is 4.91. The number of rotatable bonds is 4. The Morgan fingerprint density at radius 1 is 1.57 bits per heavy atom. The number of hydrogen-bond acceptors (Lipinski definition) is 2. The molecule has 0 aromatic heterocycles. The number of halogens is 1. The molecule has 2 N–H and O–H groups in total. The van der Waals surface area contributed by atoms with Gasteiger partial charge in [0.2, 0.25) is 0 Å². The molecular weight excluding hydrogens is 201 g/mol. The Kier molecular flexibility index (Phi) is 3.83. The fourth-order valence-corrected chi connectivity index (χ4v) is 1.30. The third-order valence-electron chi connectivity index (χ3n) is 1.88. The molecule has 76 valence electrons. The van der Waals surface area contributed by atoms with Gasteiger partial charge in [0, 0.05) is 6.42 Å². The second-order valence-corrected chi connectivity index (χ2v) is 3.45. The van der Waals surface area contributed by atoms with Gasteiger partial charge in [0.25, 0.3) is 0 Å². The van der Waals surface area contributed by atoms with Gasteiger partial charge in [-0.3, -0.25) is 0 Å². The first-order chi connectivity index (χ1) is 6.63. The summed E-state index contributed by atoms with van der Waals surface area (Å²) in [5.74, 6) is 0.395. The number of nitrogens with two attached hydrogens (primary N) is 1. The van der Waals surface area contributed by atoms with E-state index in [4.69, 9.17) is 22.7 Å². The summed E-state index contributed by atoms with van der Waals surface area (Å²) in [6, 6.07) is 4.41. The minimum Gasteiger partial charge on any atom is -0.496 e. The van der Waals surface area contributed by atoms with E-state index in [1.165, 1.54) is 12.1 Å². The summed E-state index contributed by atoms with van der Waals surface area (Å²) < 4.78 is 18.0. The Balaban J connectivity index is 2.82. The molecule has 0 unspecified atom stereocenters. The molecule has 0 saturated heterocycles. The van der Waals surface area contributed by atoms with Crippen molar-refractivity contribution in [1.82, 2.24) is 0 Å². The lowest BCUT2D eigenvalue weighted by Gasteiger charge is -2.07. The maximum Gasteiger partial charge on any atom is 0.123 e. The molecule has 0 amide bonds. The van der Waals surface area contributed by atoms with Crippen molar-refractivity contribution < 1.29 is 9.13 Å². The Labute approximate surface area is 87.9 Å². The van der Waals surface area contributed by atoms with Crippen LogP contribution in [0.1, 0.15) is 12.0 Å². The van der Waals surface area contributed by atoms with E-state index in [0.29, 0.717) is 23.6 Å². The van der Waals surface area contributed by atoms with Crippen molar-refractivity contribution in [3.63, 3.8) is 0 Å². The number of ether oxygens (including phenoxy) is 1. The molecular formula is C10H12FNOS. The monoisotopic (exact) mass is 213 g/mol. The summed E-state index contributed by atoms with van der Waals surface area (Å²) in [5, 5.41) is 0.